The van der Waals surface area contributed by atoms with Crippen LogP contribution < -0.4 is 10.6 Å². The second kappa shape index (κ2) is 7.15. The second-order valence-corrected chi connectivity index (χ2v) is 5.84. The molecule has 1 aromatic carbocycles. The van der Waals surface area contributed by atoms with Crippen molar-refractivity contribution in [2.24, 2.45) is 0 Å². The van der Waals surface area contributed by atoms with Crippen LogP contribution in [0.1, 0.15) is 11.3 Å². The Morgan fingerprint density at radius 2 is 2.09 bits per heavy atom. The van der Waals surface area contributed by atoms with Crippen LogP contribution in [0.4, 0.5) is 17.5 Å². The lowest BCUT2D eigenvalue weighted by molar-refractivity contribution is 0.934. The Morgan fingerprint density at radius 3 is 2.87 bits per heavy atom. The fourth-order valence-corrected chi connectivity index (χ4v) is 2.49. The molecule has 0 spiro atoms. The molecule has 0 bridgehead atoms. The Kier molecular flexibility index (Phi) is 4.77. The minimum absolute atomic E-state index is 0.454. The summed E-state index contributed by atoms with van der Waals surface area (Å²) in [5.41, 5.74) is 3.00. The van der Waals surface area contributed by atoms with E-state index in [9.17, 15) is 0 Å². The van der Waals surface area contributed by atoms with Crippen LogP contribution in [0.5, 0.6) is 0 Å². The first kappa shape index (κ1) is 15.4. The predicted octanol–water partition coefficient (Wildman–Crippen LogP) is 3.69. The molecule has 2 aromatic heterocycles. The molecule has 0 aliphatic rings. The Morgan fingerprint density at radius 1 is 1.17 bits per heavy atom. The highest BCUT2D eigenvalue weighted by molar-refractivity contribution is 9.10. The van der Waals surface area contributed by atoms with Gasteiger partial charge < -0.3 is 10.6 Å². The molecule has 0 saturated heterocycles. The average Bonchev–Trinajstić information content (AvgIpc) is 2.57. The molecule has 0 unspecified atom stereocenters. The predicted molar refractivity (Wildman–Crippen MR) is 93.6 cm³/mol. The number of hydrogen-bond acceptors (Lipinski definition) is 6. The number of anilines is 3. The molecular formula is C16H15BrN6. The lowest BCUT2D eigenvalue weighted by Gasteiger charge is -2.10. The molecule has 0 amide bonds. The fraction of sp³-hybridized carbons (Fsp3) is 0.125. The van der Waals surface area contributed by atoms with Crippen LogP contribution in [0.15, 0.2) is 53.3 Å². The summed E-state index contributed by atoms with van der Waals surface area (Å²) >= 11 is 3.45. The summed E-state index contributed by atoms with van der Waals surface area (Å²) in [7, 11) is 0. The van der Waals surface area contributed by atoms with Gasteiger partial charge in [-0.25, -0.2) is 0 Å². The largest absolute Gasteiger partial charge is 0.347 e. The molecular weight excluding hydrogens is 356 g/mol. The lowest BCUT2D eigenvalue weighted by atomic mass is 10.2. The summed E-state index contributed by atoms with van der Waals surface area (Å²) in [5.74, 6) is 1.09. The molecule has 3 aromatic rings. The molecule has 3 rings (SSSR count). The standard InChI is InChI=1S/C16H15BrN6/c1-11-8-12(17)5-6-14(11)21-15-10-20-23-16(22-15)19-9-13-4-2-3-7-18-13/h2-8,10H,9H2,1H3,(H2,19,21,22,23). The van der Waals surface area contributed by atoms with Crippen molar-refractivity contribution >= 4 is 33.4 Å². The van der Waals surface area contributed by atoms with Gasteiger partial charge in [0.15, 0.2) is 5.82 Å². The van der Waals surface area contributed by atoms with Gasteiger partial charge in [-0.05, 0) is 42.8 Å². The number of rotatable bonds is 5. The molecule has 2 N–H and O–H groups in total. The van der Waals surface area contributed by atoms with Crippen LogP contribution in [0.2, 0.25) is 0 Å². The van der Waals surface area contributed by atoms with Crippen molar-refractivity contribution in [3.63, 3.8) is 0 Å². The van der Waals surface area contributed by atoms with Gasteiger partial charge in [0, 0.05) is 16.4 Å². The van der Waals surface area contributed by atoms with Gasteiger partial charge in [-0.15, -0.1) is 5.10 Å². The molecule has 7 heteroatoms. The number of aryl methyl sites for hydroxylation is 1. The van der Waals surface area contributed by atoms with Crippen molar-refractivity contribution in [1.29, 1.82) is 0 Å². The zero-order valence-corrected chi connectivity index (χ0v) is 14.1. The lowest BCUT2D eigenvalue weighted by Crippen LogP contribution is -2.07. The van der Waals surface area contributed by atoms with E-state index in [1.54, 1.807) is 12.4 Å². The Balaban J connectivity index is 1.69. The minimum Gasteiger partial charge on any atom is -0.347 e. The SMILES string of the molecule is Cc1cc(Br)ccc1Nc1cnnc(NCc2ccccn2)n1. The zero-order valence-electron chi connectivity index (χ0n) is 12.5. The van der Waals surface area contributed by atoms with Crippen molar-refractivity contribution < 1.29 is 0 Å². The summed E-state index contributed by atoms with van der Waals surface area (Å²) in [5, 5.41) is 14.3. The van der Waals surface area contributed by atoms with Crippen LogP contribution >= 0.6 is 15.9 Å². The summed E-state index contributed by atoms with van der Waals surface area (Å²) in [6, 6.07) is 11.8. The highest BCUT2D eigenvalue weighted by atomic mass is 79.9. The zero-order chi connectivity index (χ0) is 16.1. The number of pyridine rings is 1. The maximum atomic E-state index is 4.41. The Bertz CT molecular complexity index is 794. The van der Waals surface area contributed by atoms with Crippen molar-refractivity contribution in [2.75, 3.05) is 10.6 Å². The van der Waals surface area contributed by atoms with E-state index in [0.29, 0.717) is 18.3 Å². The molecule has 0 aliphatic heterocycles. The van der Waals surface area contributed by atoms with Gasteiger partial charge in [0.1, 0.15) is 0 Å². The van der Waals surface area contributed by atoms with Crippen LogP contribution in [-0.4, -0.2) is 20.2 Å². The van der Waals surface area contributed by atoms with E-state index in [2.05, 4.69) is 46.7 Å². The summed E-state index contributed by atoms with van der Waals surface area (Å²) < 4.78 is 1.04. The summed E-state index contributed by atoms with van der Waals surface area (Å²) in [6.07, 6.45) is 3.35. The first-order valence-corrected chi connectivity index (χ1v) is 7.87. The van der Waals surface area contributed by atoms with Gasteiger partial charge in [-0.3, -0.25) is 4.98 Å². The number of halogens is 1. The van der Waals surface area contributed by atoms with E-state index in [4.69, 9.17) is 0 Å². The number of aromatic nitrogens is 4. The number of nitrogens with zero attached hydrogens (tertiary/aromatic N) is 4. The van der Waals surface area contributed by atoms with E-state index in [1.165, 1.54) is 0 Å². The van der Waals surface area contributed by atoms with Crippen molar-refractivity contribution in [3.8, 4) is 0 Å². The third-order valence-corrected chi connectivity index (χ3v) is 3.66. The van der Waals surface area contributed by atoms with Crippen molar-refractivity contribution in [2.45, 2.75) is 13.5 Å². The maximum Gasteiger partial charge on any atom is 0.245 e. The van der Waals surface area contributed by atoms with Gasteiger partial charge in [0.25, 0.3) is 0 Å². The van der Waals surface area contributed by atoms with E-state index in [-0.39, 0.29) is 0 Å². The first-order valence-electron chi connectivity index (χ1n) is 7.07. The van der Waals surface area contributed by atoms with E-state index >= 15 is 0 Å². The van der Waals surface area contributed by atoms with E-state index in [0.717, 1.165) is 21.4 Å². The van der Waals surface area contributed by atoms with Crippen LogP contribution in [0.3, 0.4) is 0 Å². The highest BCUT2D eigenvalue weighted by Gasteiger charge is 2.04. The van der Waals surface area contributed by atoms with Gasteiger partial charge in [-0.2, -0.15) is 10.1 Å². The smallest absolute Gasteiger partial charge is 0.245 e. The average molecular weight is 371 g/mol. The van der Waals surface area contributed by atoms with Crippen LogP contribution in [0, 0.1) is 6.92 Å². The highest BCUT2D eigenvalue weighted by Crippen LogP contribution is 2.22. The van der Waals surface area contributed by atoms with E-state index < -0.39 is 0 Å². The molecule has 0 aliphatic carbocycles. The van der Waals surface area contributed by atoms with Gasteiger partial charge in [0.2, 0.25) is 5.95 Å². The normalized spacial score (nSPS) is 10.3. The molecule has 116 valence electrons. The summed E-state index contributed by atoms with van der Waals surface area (Å²) in [6.45, 7) is 2.57. The molecule has 0 saturated carbocycles. The number of nitrogens with one attached hydrogen (secondary N) is 2. The second-order valence-electron chi connectivity index (χ2n) is 4.92. The minimum atomic E-state index is 0.454. The Labute approximate surface area is 142 Å². The maximum absolute atomic E-state index is 4.41. The van der Waals surface area contributed by atoms with Gasteiger partial charge in [0.05, 0.1) is 18.4 Å². The fourth-order valence-electron chi connectivity index (χ4n) is 2.02. The third-order valence-electron chi connectivity index (χ3n) is 3.16. The van der Waals surface area contributed by atoms with Gasteiger partial charge >= 0.3 is 0 Å². The van der Waals surface area contributed by atoms with Crippen LogP contribution in [-0.2, 0) is 6.54 Å². The number of hydrogen-bond donors (Lipinski definition) is 2. The van der Waals surface area contributed by atoms with Crippen molar-refractivity contribution in [3.05, 3.63) is 64.5 Å². The molecule has 23 heavy (non-hydrogen) atoms. The summed E-state index contributed by atoms with van der Waals surface area (Å²) in [4.78, 5) is 8.66. The van der Waals surface area contributed by atoms with Gasteiger partial charge in [-0.1, -0.05) is 22.0 Å². The van der Waals surface area contributed by atoms with E-state index in [1.807, 2.05) is 43.3 Å². The molecule has 0 atom stereocenters. The Hall–Kier alpha value is -2.54. The molecule has 2 heterocycles. The molecule has 0 radical (unpaired) electrons. The third kappa shape index (κ3) is 4.23. The molecule has 6 nitrogen and oxygen atoms in total. The number of benzene rings is 1. The molecule has 0 fully saturated rings. The monoisotopic (exact) mass is 370 g/mol. The topological polar surface area (TPSA) is 75.6 Å². The quantitative estimate of drug-likeness (QED) is 0.713. The van der Waals surface area contributed by atoms with Crippen LogP contribution in [0.25, 0.3) is 0 Å². The van der Waals surface area contributed by atoms with Crippen molar-refractivity contribution in [1.82, 2.24) is 20.2 Å². The first-order chi connectivity index (χ1) is 11.2.